The van der Waals surface area contributed by atoms with Gasteiger partial charge in [0.25, 0.3) is 0 Å². The van der Waals surface area contributed by atoms with E-state index in [-0.39, 0.29) is 5.91 Å². The maximum atomic E-state index is 12.7. The van der Waals surface area contributed by atoms with Crippen LogP contribution in [0.3, 0.4) is 0 Å². The van der Waals surface area contributed by atoms with Crippen molar-refractivity contribution >= 4 is 21.6 Å². The minimum absolute atomic E-state index is 0.134. The molecule has 6 heteroatoms. The Kier molecular flexibility index (Phi) is 5.29. The van der Waals surface area contributed by atoms with Gasteiger partial charge in [-0.1, -0.05) is 26.0 Å². The van der Waals surface area contributed by atoms with E-state index in [1.807, 2.05) is 18.7 Å². The number of hydrogen-bond acceptors (Lipinski definition) is 3. The van der Waals surface area contributed by atoms with Crippen LogP contribution in [0.4, 0.5) is 5.69 Å². The molecule has 0 saturated carbocycles. The molecule has 1 unspecified atom stereocenters. The Labute approximate surface area is 150 Å². The van der Waals surface area contributed by atoms with Crippen LogP contribution in [0, 0.1) is 5.92 Å². The number of fused-ring (bicyclic) bond motifs is 1. The fraction of sp³-hybridized carbons (Fsp3) is 0.526. The molecule has 136 valence electrons. The van der Waals surface area contributed by atoms with Gasteiger partial charge in [-0.2, -0.15) is 4.31 Å². The Balaban J connectivity index is 1.80. The summed E-state index contributed by atoms with van der Waals surface area (Å²) < 4.78 is 26.8. The summed E-state index contributed by atoms with van der Waals surface area (Å²) in [6, 6.07) is 5.17. The molecule has 2 aliphatic rings. The van der Waals surface area contributed by atoms with Crippen LogP contribution in [0.25, 0.3) is 0 Å². The first kappa shape index (κ1) is 18.1. The zero-order valence-electron chi connectivity index (χ0n) is 14.9. The van der Waals surface area contributed by atoms with Gasteiger partial charge in [0.15, 0.2) is 0 Å². The fourth-order valence-corrected chi connectivity index (χ4v) is 5.22. The molecular formula is C19H26N2O3S. The number of allylic oxidation sites excluding steroid dienone is 2. The van der Waals surface area contributed by atoms with Crippen molar-refractivity contribution in [2.45, 2.75) is 44.4 Å². The van der Waals surface area contributed by atoms with Gasteiger partial charge in [0.1, 0.15) is 0 Å². The summed E-state index contributed by atoms with van der Waals surface area (Å²) in [6.07, 6.45) is 7.63. The molecule has 1 amide bonds. The highest BCUT2D eigenvalue weighted by molar-refractivity contribution is 7.89. The Morgan fingerprint density at radius 1 is 1.28 bits per heavy atom. The number of anilines is 1. The van der Waals surface area contributed by atoms with Crippen molar-refractivity contribution in [3.8, 4) is 0 Å². The highest BCUT2D eigenvalue weighted by Crippen LogP contribution is 2.32. The second kappa shape index (κ2) is 7.30. The number of amides is 1. The van der Waals surface area contributed by atoms with Crippen molar-refractivity contribution < 1.29 is 13.2 Å². The first-order valence-electron chi connectivity index (χ1n) is 9.07. The monoisotopic (exact) mass is 362 g/mol. The average Bonchev–Trinajstić information content (AvgIpc) is 3.24. The van der Waals surface area contributed by atoms with Crippen molar-refractivity contribution in [3.05, 3.63) is 35.9 Å². The summed E-state index contributed by atoms with van der Waals surface area (Å²) >= 11 is 0. The van der Waals surface area contributed by atoms with Gasteiger partial charge in [0, 0.05) is 31.7 Å². The van der Waals surface area contributed by atoms with Gasteiger partial charge >= 0.3 is 0 Å². The number of carbonyl (C=O) groups is 1. The molecule has 1 aromatic rings. The van der Waals surface area contributed by atoms with Gasteiger partial charge in [-0.25, -0.2) is 8.42 Å². The minimum Gasteiger partial charge on any atom is -0.312 e. The van der Waals surface area contributed by atoms with Crippen LogP contribution < -0.4 is 4.90 Å². The predicted octanol–water partition coefficient (Wildman–Crippen LogP) is 2.96. The summed E-state index contributed by atoms with van der Waals surface area (Å²) in [5.41, 5.74) is 1.81. The van der Waals surface area contributed by atoms with Crippen LogP contribution in [0.2, 0.25) is 0 Å². The van der Waals surface area contributed by atoms with E-state index in [0.29, 0.717) is 43.3 Å². The van der Waals surface area contributed by atoms with Gasteiger partial charge in [-0.15, -0.1) is 0 Å². The lowest BCUT2D eigenvalue weighted by Gasteiger charge is -2.21. The fourth-order valence-electron chi connectivity index (χ4n) is 3.71. The maximum absolute atomic E-state index is 12.7. The third kappa shape index (κ3) is 3.51. The van der Waals surface area contributed by atoms with Gasteiger partial charge < -0.3 is 4.90 Å². The summed E-state index contributed by atoms with van der Waals surface area (Å²) in [6.45, 7) is 5.23. The van der Waals surface area contributed by atoms with E-state index < -0.39 is 10.0 Å². The molecule has 0 saturated heterocycles. The molecule has 0 bridgehead atoms. The van der Waals surface area contributed by atoms with E-state index in [4.69, 9.17) is 0 Å². The highest BCUT2D eigenvalue weighted by Gasteiger charge is 2.29. The summed E-state index contributed by atoms with van der Waals surface area (Å²) in [7, 11) is -3.46. The van der Waals surface area contributed by atoms with Crippen LogP contribution in [0.1, 0.15) is 38.7 Å². The van der Waals surface area contributed by atoms with Gasteiger partial charge in [-0.3, -0.25) is 4.79 Å². The van der Waals surface area contributed by atoms with Crippen LogP contribution in [0.5, 0.6) is 0 Å². The van der Waals surface area contributed by atoms with Crippen LogP contribution in [0.15, 0.2) is 35.2 Å². The van der Waals surface area contributed by atoms with E-state index in [0.717, 1.165) is 24.1 Å². The molecule has 1 heterocycles. The lowest BCUT2D eigenvalue weighted by Crippen LogP contribution is -2.31. The molecule has 25 heavy (non-hydrogen) atoms. The molecule has 0 aromatic heterocycles. The Morgan fingerprint density at radius 3 is 2.68 bits per heavy atom. The van der Waals surface area contributed by atoms with Gasteiger partial charge in [-0.05, 0) is 48.9 Å². The molecular weight excluding hydrogens is 336 g/mol. The number of carbonyl (C=O) groups excluding carboxylic acids is 1. The number of hydrogen-bond donors (Lipinski definition) is 0. The summed E-state index contributed by atoms with van der Waals surface area (Å²) in [5.74, 6) is 0.480. The first-order valence-corrected chi connectivity index (χ1v) is 10.5. The molecule has 0 spiro atoms. The lowest BCUT2D eigenvalue weighted by molar-refractivity contribution is -0.119. The Morgan fingerprint density at radius 2 is 2.04 bits per heavy atom. The molecule has 0 N–H and O–H groups in total. The Hall–Kier alpha value is -1.66. The maximum Gasteiger partial charge on any atom is 0.243 e. The average molecular weight is 362 g/mol. The van der Waals surface area contributed by atoms with Crippen molar-refractivity contribution in [1.29, 1.82) is 0 Å². The highest BCUT2D eigenvalue weighted by atomic mass is 32.2. The molecule has 3 rings (SSSR count). The SMILES string of the molecule is CCN(CC)S(=O)(=O)c1ccc2c(c1)CCN2C(=O)CC1C=CCC1. The summed E-state index contributed by atoms with van der Waals surface area (Å²) in [4.78, 5) is 14.7. The number of benzene rings is 1. The van der Waals surface area contributed by atoms with Crippen molar-refractivity contribution in [1.82, 2.24) is 4.31 Å². The lowest BCUT2D eigenvalue weighted by atomic mass is 10.0. The number of sulfonamides is 1. The molecule has 1 aliphatic heterocycles. The first-order chi connectivity index (χ1) is 12.0. The molecule has 0 fully saturated rings. The molecule has 1 aromatic carbocycles. The van der Waals surface area contributed by atoms with E-state index in [2.05, 4.69) is 12.2 Å². The van der Waals surface area contributed by atoms with E-state index in [1.54, 1.807) is 18.2 Å². The third-order valence-corrected chi connectivity index (χ3v) is 7.19. The van der Waals surface area contributed by atoms with Crippen molar-refractivity contribution in [2.24, 2.45) is 5.92 Å². The number of rotatable bonds is 6. The normalized spacial score (nSPS) is 19.6. The third-order valence-electron chi connectivity index (χ3n) is 5.14. The molecule has 1 aliphatic carbocycles. The largest absolute Gasteiger partial charge is 0.312 e. The Bertz CT molecular complexity index is 782. The van der Waals surface area contributed by atoms with Crippen LogP contribution in [-0.2, 0) is 21.2 Å². The van der Waals surface area contributed by atoms with Gasteiger partial charge in [0.2, 0.25) is 15.9 Å². The predicted molar refractivity (Wildman–Crippen MR) is 99.1 cm³/mol. The minimum atomic E-state index is -3.46. The van der Waals surface area contributed by atoms with Crippen LogP contribution >= 0.6 is 0 Å². The van der Waals surface area contributed by atoms with Gasteiger partial charge in [0.05, 0.1) is 4.90 Å². The van der Waals surface area contributed by atoms with Crippen LogP contribution in [-0.4, -0.2) is 38.3 Å². The van der Waals surface area contributed by atoms with E-state index in [1.165, 1.54) is 4.31 Å². The zero-order chi connectivity index (χ0) is 18.0. The standard InChI is InChI=1S/C19H26N2O3S/c1-3-20(4-2)25(23,24)17-9-10-18-16(14-17)11-12-21(18)19(22)13-15-7-5-6-8-15/h5,7,9-10,14-15H,3-4,6,8,11-13H2,1-2H3. The molecule has 5 nitrogen and oxygen atoms in total. The van der Waals surface area contributed by atoms with E-state index >= 15 is 0 Å². The quantitative estimate of drug-likeness (QED) is 0.731. The number of nitrogens with zero attached hydrogens (tertiary/aromatic N) is 2. The van der Waals surface area contributed by atoms with Crippen molar-refractivity contribution in [2.75, 3.05) is 24.5 Å². The van der Waals surface area contributed by atoms with E-state index in [9.17, 15) is 13.2 Å². The molecule has 1 atom stereocenters. The summed E-state index contributed by atoms with van der Waals surface area (Å²) in [5, 5.41) is 0. The second-order valence-corrected chi connectivity index (χ2v) is 8.58. The smallest absolute Gasteiger partial charge is 0.243 e. The topological polar surface area (TPSA) is 57.7 Å². The van der Waals surface area contributed by atoms with Crippen molar-refractivity contribution in [3.63, 3.8) is 0 Å². The zero-order valence-corrected chi connectivity index (χ0v) is 15.8. The second-order valence-electron chi connectivity index (χ2n) is 6.64. The molecule has 0 radical (unpaired) electrons.